The van der Waals surface area contributed by atoms with E-state index in [0.29, 0.717) is 12.1 Å². The van der Waals surface area contributed by atoms with Crippen molar-refractivity contribution in [1.82, 2.24) is 0 Å². The van der Waals surface area contributed by atoms with E-state index in [1.54, 1.807) is 0 Å². The number of ether oxygens (including phenoxy) is 1. The van der Waals surface area contributed by atoms with Crippen molar-refractivity contribution in [3.05, 3.63) is 64.5 Å². The van der Waals surface area contributed by atoms with Crippen LogP contribution in [-0.2, 0) is 6.11 Å². The zero-order chi connectivity index (χ0) is 18.2. The fourth-order valence-corrected chi connectivity index (χ4v) is 1.79. The lowest BCUT2D eigenvalue weighted by Gasteiger charge is -2.20. The molecule has 0 aromatic heterocycles. The Bertz CT molecular complexity index is 795. The van der Waals surface area contributed by atoms with E-state index in [4.69, 9.17) is 0 Å². The number of halogens is 7. The highest BCUT2D eigenvalue weighted by Gasteiger charge is 2.41. The Balaban J connectivity index is 2.47. The van der Waals surface area contributed by atoms with Crippen LogP contribution in [0, 0.1) is 29.1 Å². The van der Waals surface area contributed by atoms with E-state index in [1.807, 2.05) is 0 Å². The minimum atomic E-state index is -4.71. The molecule has 0 spiro atoms. The van der Waals surface area contributed by atoms with Gasteiger partial charge in [-0.1, -0.05) is 0 Å². The average Bonchev–Trinajstić information content (AvgIpc) is 2.48. The van der Waals surface area contributed by atoms with Crippen LogP contribution < -0.4 is 4.74 Å². The van der Waals surface area contributed by atoms with Crippen LogP contribution in [0.5, 0.6) is 5.75 Å². The Kier molecular flexibility index (Phi) is 4.54. The Morgan fingerprint density at radius 1 is 0.917 bits per heavy atom. The maximum absolute atomic E-state index is 13.9. The first kappa shape index (κ1) is 17.8. The number of carbonyl (C=O) groups is 1. The zero-order valence-corrected chi connectivity index (χ0v) is 11.8. The quantitative estimate of drug-likeness (QED) is 0.452. The van der Waals surface area contributed by atoms with Gasteiger partial charge in [0.05, 0.1) is 0 Å². The Labute approximate surface area is 130 Å². The molecule has 2 nitrogen and oxygen atoms in total. The van der Waals surface area contributed by atoms with Gasteiger partial charge in [0.1, 0.15) is 5.56 Å². The van der Waals surface area contributed by atoms with E-state index in [9.17, 15) is 35.5 Å². The third-order valence-electron chi connectivity index (χ3n) is 2.98. The minimum absolute atomic E-state index is 0.174. The summed E-state index contributed by atoms with van der Waals surface area (Å²) < 4.78 is 98.2. The molecule has 2 rings (SSSR count). The summed E-state index contributed by atoms with van der Waals surface area (Å²) in [7, 11) is 0. The Hall–Kier alpha value is -2.58. The third-order valence-corrected chi connectivity index (χ3v) is 2.98. The smallest absolute Gasteiger partial charge is 0.423 e. The first-order chi connectivity index (χ1) is 11.0. The third kappa shape index (κ3) is 3.19. The number of carbonyl (C=O) groups excluding carboxylic acids is 1. The molecule has 0 aliphatic heterocycles. The van der Waals surface area contributed by atoms with Crippen molar-refractivity contribution < 1.29 is 40.3 Å². The molecule has 2 aromatic rings. The van der Waals surface area contributed by atoms with Crippen molar-refractivity contribution in [2.75, 3.05) is 0 Å². The largest absolute Gasteiger partial charge is 0.429 e. The lowest BCUT2D eigenvalue weighted by molar-refractivity contribution is -0.190. The van der Waals surface area contributed by atoms with E-state index in [1.165, 1.54) is 0 Å². The van der Waals surface area contributed by atoms with Gasteiger partial charge in [0.15, 0.2) is 40.6 Å². The fourth-order valence-electron chi connectivity index (χ4n) is 1.79. The lowest BCUT2D eigenvalue weighted by Crippen LogP contribution is -2.25. The van der Waals surface area contributed by atoms with Gasteiger partial charge in [-0.25, -0.2) is 22.0 Å². The number of alkyl halides is 2. The number of Topliss-reactive ketones (excluding diaryl/α,β-unsaturated/α-hetero) is 1. The van der Waals surface area contributed by atoms with Crippen LogP contribution in [-0.4, -0.2) is 5.78 Å². The van der Waals surface area contributed by atoms with Crippen molar-refractivity contribution >= 4 is 5.78 Å². The van der Waals surface area contributed by atoms with Gasteiger partial charge in [0.25, 0.3) is 0 Å². The molecule has 0 aliphatic carbocycles. The van der Waals surface area contributed by atoms with Gasteiger partial charge >= 0.3 is 6.11 Å². The second-order valence-electron chi connectivity index (χ2n) is 4.67. The van der Waals surface area contributed by atoms with E-state index >= 15 is 0 Å². The molecule has 0 fully saturated rings. The van der Waals surface area contributed by atoms with Crippen molar-refractivity contribution in [2.24, 2.45) is 0 Å². The maximum atomic E-state index is 13.9. The highest BCUT2D eigenvalue weighted by atomic mass is 19.3. The summed E-state index contributed by atoms with van der Waals surface area (Å²) in [6, 6.07) is 1.26. The second-order valence-corrected chi connectivity index (χ2v) is 4.67. The minimum Gasteiger partial charge on any atom is -0.423 e. The van der Waals surface area contributed by atoms with Gasteiger partial charge in [-0.05, 0) is 31.2 Å². The van der Waals surface area contributed by atoms with Gasteiger partial charge in [-0.15, -0.1) is 0 Å². The normalized spacial score (nSPS) is 11.5. The summed E-state index contributed by atoms with van der Waals surface area (Å²) in [5.74, 6) is -11.8. The van der Waals surface area contributed by atoms with Crippen molar-refractivity contribution in [2.45, 2.75) is 13.0 Å². The zero-order valence-electron chi connectivity index (χ0n) is 11.8. The van der Waals surface area contributed by atoms with Crippen LogP contribution in [0.4, 0.5) is 30.7 Å². The van der Waals surface area contributed by atoms with Crippen LogP contribution in [0.2, 0.25) is 0 Å². The summed E-state index contributed by atoms with van der Waals surface area (Å²) in [5, 5.41) is 0. The molecule has 0 saturated heterocycles. The molecule has 0 saturated carbocycles. The molecule has 128 valence electrons. The molecule has 24 heavy (non-hydrogen) atoms. The van der Waals surface area contributed by atoms with Crippen LogP contribution in [0.1, 0.15) is 22.8 Å². The number of hydrogen-bond donors (Lipinski definition) is 0. The Morgan fingerprint density at radius 2 is 1.46 bits per heavy atom. The van der Waals surface area contributed by atoms with Crippen LogP contribution in [0.25, 0.3) is 0 Å². The van der Waals surface area contributed by atoms with E-state index in [-0.39, 0.29) is 12.1 Å². The van der Waals surface area contributed by atoms with E-state index < -0.39 is 57.9 Å². The van der Waals surface area contributed by atoms with Gasteiger partial charge in [0.2, 0.25) is 0 Å². The monoisotopic (exact) mass is 352 g/mol. The molecular weight excluding hydrogens is 345 g/mol. The van der Waals surface area contributed by atoms with Crippen LogP contribution in [0.15, 0.2) is 24.3 Å². The standard InChI is InChI=1S/C15H7F7O2/c1-6(23)7-4-10(17)14(11(18)5-7)24-15(21,22)8-2-3-9(16)13(20)12(8)19/h2-5H,1H3. The Morgan fingerprint density at radius 3 is 1.96 bits per heavy atom. The predicted molar refractivity (Wildman–Crippen MR) is 67.2 cm³/mol. The summed E-state index contributed by atoms with van der Waals surface area (Å²) in [6.45, 7) is 0.986. The van der Waals surface area contributed by atoms with Crippen LogP contribution in [0.3, 0.4) is 0 Å². The molecule has 2 aromatic carbocycles. The van der Waals surface area contributed by atoms with Crippen molar-refractivity contribution in [1.29, 1.82) is 0 Å². The summed E-state index contributed by atoms with van der Waals surface area (Å²) in [6.07, 6.45) is -4.71. The van der Waals surface area contributed by atoms with Crippen molar-refractivity contribution in [3.63, 3.8) is 0 Å². The van der Waals surface area contributed by atoms with E-state index in [0.717, 1.165) is 6.92 Å². The topological polar surface area (TPSA) is 26.3 Å². The van der Waals surface area contributed by atoms with Gasteiger partial charge in [0, 0.05) is 5.56 Å². The summed E-state index contributed by atoms with van der Waals surface area (Å²) >= 11 is 0. The maximum Gasteiger partial charge on any atom is 0.429 e. The number of hydrogen-bond acceptors (Lipinski definition) is 2. The first-order valence-electron chi connectivity index (χ1n) is 6.25. The average molecular weight is 352 g/mol. The fraction of sp³-hybridized carbons (Fsp3) is 0.133. The predicted octanol–water partition coefficient (Wildman–Crippen LogP) is 4.71. The van der Waals surface area contributed by atoms with Gasteiger partial charge in [-0.2, -0.15) is 8.78 Å². The van der Waals surface area contributed by atoms with E-state index in [2.05, 4.69) is 4.74 Å². The number of ketones is 1. The molecule has 0 atom stereocenters. The molecule has 0 heterocycles. The SMILES string of the molecule is CC(=O)c1cc(F)c(OC(F)(F)c2ccc(F)c(F)c2F)c(F)c1. The van der Waals surface area contributed by atoms with Gasteiger partial charge < -0.3 is 4.74 Å². The molecule has 0 bridgehead atoms. The van der Waals surface area contributed by atoms with Crippen LogP contribution >= 0.6 is 0 Å². The lowest BCUT2D eigenvalue weighted by atomic mass is 10.1. The number of benzene rings is 2. The second kappa shape index (κ2) is 6.14. The highest BCUT2D eigenvalue weighted by Crippen LogP contribution is 2.36. The highest BCUT2D eigenvalue weighted by molar-refractivity contribution is 5.94. The number of rotatable bonds is 4. The van der Waals surface area contributed by atoms with Gasteiger partial charge in [-0.3, -0.25) is 4.79 Å². The summed E-state index contributed by atoms with van der Waals surface area (Å²) in [5.41, 5.74) is -2.20. The molecule has 0 amide bonds. The molecule has 0 aliphatic rings. The molecule has 0 radical (unpaired) electrons. The molecular formula is C15H7F7O2. The molecule has 0 unspecified atom stereocenters. The molecule has 9 heteroatoms. The summed E-state index contributed by atoms with van der Waals surface area (Å²) in [4.78, 5) is 11.0. The first-order valence-corrected chi connectivity index (χ1v) is 6.25. The van der Waals surface area contributed by atoms with Crippen molar-refractivity contribution in [3.8, 4) is 5.75 Å². The molecule has 0 N–H and O–H groups in total.